The van der Waals surface area contributed by atoms with Gasteiger partial charge in [-0.05, 0) is 33.8 Å². The van der Waals surface area contributed by atoms with Crippen molar-refractivity contribution in [2.45, 2.75) is 40.3 Å². The number of nitrogens with zero attached hydrogens (tertiary/aromatic N) is 3. The second kappa shape index (κ2) is 12.6. The molecule has 2 heterocycles. The van der Waals surface area contributed by atoms with Gasteiger partial charge in [0.1, 0.15) is 9.88 Å². The standard InChI is InChI=1S/C19H27N5O3S.HI/c1-6-20-19(21-11-14-9-8-10-15(24-14)26-5)23-13(4)17-22-12(3)16(28-17)18(25)27-7-2;/h8-10,13H,6-7,11H2,1-5H3,(H2,20,21,23);1H. The lowest BCUT2D eigenvalue weighted by molar-refractivity contribution is 0.0531. The zero-order valence-corrected chi connectivity index (χ0v) is 20.5. The van der Waals surface area contributed by atoms with Crippen molar-refractivity contribution in [2.24, 2.45) is 4.99 Å². The monoisotopic (exact) mass is 533 g/mol. The van der Waals surface area contributed by atoms with Crippen LogP contribution in [0.3, 0.4) is 0 Å². The van der Waals surface area contributed by atoms with Crippen LogP contribution in [0.25, 0.3) is 0 Å². The van der Waals surface area contributed by atoms with E-state index in [1.165, 1.54) is 11.3 Å². The number of hydrogen-bond donors (Lipinski definition) is 2. The van der Waals surface area contributed by atoms with Crippen LogP contribution in [-0.2, 0) is 11.3 Å². The largest absolute Gasteiger partial charge is 0.481 e. The summed E-state index contributed by atoms with van der Waals surface area (Å²) in [6.45, 7) is 9.04. The molecule has 0 fully saturated rings. The highest BCUT2D eigenvalue weighted by atomic mass is 127. The van der Waals surface area contributed by atoms with Crippen molar-refractivity contribution in [3.05, 3.63) is 39.5 Å². The van der Waals surface area contributed by atoms with Gasteiger partial charge in [-0.15, -0.1) is 35.3 Å². The van der Waals surface area contributed by atoms with E-state index in [0.717, 1.165) is 17.2 Å². The minimum absolute atomic E-state index is 0. The Balaban J connectivity index is 0.00000420. The van der Waals surface area contributed by atoms with Crippen LogP contribution in [0.15, 0.2) is 23.2 Å². The Morgan fingerprint density at radius 3 is 2.72 bits per heavy atom. The number of guanidine groups is 1. The number of pyridine rings is 1. The summed E-state index contributed by atoms with van der Waals surface area (Å²) in [5, 5.41) is 7.33. The Morgan fingerprint density at radius 1 is 1.31 bits per heavy atom. The number of hydrogen-bond acceptors (Lipinski definition) is 7. The number of ether oxygens (including phenoxy) is 2. The van der Waals surface area contributed by atoms with E-state index in [9.17, 15) is 4.79 Å². The number of nitrogens with one attached hydrogen (secondary N) is 2. The van der Waals surface area contributed by atoms with Crippen LogP contribution in [0, 0.1) is 6.92 Å². The molecule has 2 aromatic heterocycles. The third-order valence-corrected chi connectivity index (χ3v) is 5.05. The van der Waals surface area contributed by atoms with Gasteiger partial charge in [0.25, 0.3) is 0 Å². The zero-order valence-electron chi connectivity index (χ0n) is 17.3. The van der Waals surface area contributed by atoms with Crippen LogP contribution in [0.5, 0.6) is 5.88 Å². The van der Waals surface area contributed by atoms with Gasteiger partial charge in [-0.3, -0.25) is 0 Å². The molecule has 0 bridgehead atoms. The molecule has 2 aromatic rings. The van der Waals surface area contributed by atoms with Crippen molar-refractivity contribution in [1.29, 1.82) is 0 Å². The smallest absolute Gasteiger partial charge is 0.350 e. The van der Waals surface area contributed by atoms with Gasteiger partial charge >= 0.3 is 5.97 Å². The first-order valence-corrected chi connectivity index (χ1v) is 9.99. The molecule has 0 amide bonds. The van der Waals surface area contributed by atoms with E-state index in [0.29, 0.717) is 35.6 Å². The van der Waals surface area contributed by atoms with Crippen LogP contribution in [-0.4, -0.2) is 42.2 Å². The molecule has 2 N–H and O–H groups in total. The van der Waals surface area contributed by atoms with Crippen LogP contribution in [0.2, 0.25) is 0 Å². The third-order valence-electron chi connectivity index (χ3n) is 3.73. The van der Waals surface area contributed by atoms with Crippen molar-refractivity contribution in [3.8, 4) is 5.88 Å². The van der Waals surface area contributed by atoms with Crippen LogP contribution < -0.4 is 15.4 Å². The van der Waals surface area contributed by atoms with E-state index in [4.69, 9.17) is 9.47 Å². The van der Waals surface area contributed by atoms with Crippen molar-refractivity contribution in [2.75, 3.05) is 20.3 Å². The number of carbonyl (C=O) groups excluding carboxylic acids is 1. The van der Waals surface area contributed by atoms with Gasteiger partial charge < -0.3 is 20.1 Å². The molecular weight excluding hydrogens is 505 g/mol. The third kappa shape index (κ3) is 7.42. The number of aromatic nitrogens is 2. The molecule has 0 saturated heterocycles. The summed E-state index contributed by atoms with van der Waals surface area (Å²) >= 11 is 1.34. The van der Waals surface area contributed by atoms with Crippen LogP contribution in [0.4, 0.5) is 0 Å². The Bertz CT molecular complexity index is 828. The molecule has 2 rings (SSSR count). The molecule has 0 spiro atoms. The van der Waals surface area contributed by atoms with Gasteiger partial charge in [0.15, 0.2) is 5.96 Å². The number of aliphatic imine (C=N–C) groups is 1. The summed E-state index contributed by atoms with van der Waals surface area (Å²) in [7, 11) is 1.59. The van der Waals surface area contributed by atoms with E-state index >= 15 is 0 Å². The molecular formula is C19H28IN5O3S. The van der Waals surface area contributed by atoms with E-state index in [1.807, 2.05) is 32.9 Å². The molecule has 0 saturated carbocycles. The average molecular weight is 533 g/mol. The summed E-state index contributed by atoms with van der Waals surface area (Å²) in [5.41, 5.74) is 1.48. The summed E-state index contributed by atoms with van der Waals surface area (Å²) in [5.74, 6) is 0.870. The molecule has 0 radical (unpaired) electrons. The maximum atomic E-state index is 12.0. The lowest BCUT2D eigenvalue weighted by Crippen LogP contribution is -2.38. The molecule has 0 aromatic carbocycles. The lowest BCUT2D eigenvalue weighted by Gasteiger charge is -2.16. The van der Waals surface area contributed by atoms with E-state index in [-0.39, 0.29) is 36.0 Å². The zero-order chi connectivity index (χ0) is 20.5. The maximum absolute atomic E-state index is 12.0. The Morgan fingerprint density at radius 2 is 2.07 bits per heavy atom. The second-order valence-corrected chi connectivity index (χ2v) is 6.95. The molecule has 8 nitrogen and oxygen atoms in total. The number of methoxy groups -OCH3 is 1. The van der Waals surface area contributed by atoms with Crippen molar-refractivity contribution < 1.29 is 14.3 Å². The van der Waals surface area contributed by atoms with E-state index in [1.54, 1.807) is 20.1 Å². The van der Waals surface area contributed by atoms with Crippen LogP contribution in [0.1, 0.15) is 52.9 Å². The number of aryl methyl sites for hydroxylation is 1. The molecule has 0 aliphatic heterocycles. The average Bonchev–Trinajstić information content (AvgIpc) is 3.08. The molecule has 1 unspecified atom stereocenters. The Kier molecular flexibility index (Phi) is 10.9. The van der Waals surface area contributed by atoms with Gasteiger partial charge in [0, 0.05) is 12.6 Å². The number of thiazole rings is 1. The van der Waals surface area contributed by atoms with E-state index < -0.39 is 0 Å². The fourth-order valence-corrected chi connectivity index (χ4v) is 3.36. The highest BCUT2D eigenvalue weighted by molar-refractivity contribution is 14.0. The number of halogens is 1. The summed E-state index contributed by atoms with van der Waals surface area (Å²) in [6.07, 6.45) is 0. The first-order valence-electron chi connectivity index (χ1n) is 9.17. The number of carbonyl (C=O) groups is 1. The van der Waals surface area contributed by atoms with Crippen molar-refractivity contribution in [3.63, 3.8) is 0 Å². The van der Waals surface area contributed by atoms with Crippen molar-refractivity contribution >= 4 is 47.2 Å². The maximum Gasteiger partial charge on any atom is 0.350 e. The first-order chi connectivity index (χ1) is 13.5. The number of esters is 1. The van der Waals surface area contributed by atoms with Gasteiger partial charge in [-0.2, -0.15) is 0 Å². The predicted molar refractivity (Wildman–Crippen MR) is 125 cm³/mol. The summed E-state index contributed by atoms with van der Waals surface area (Å²) in [4.78, 5) is 26.0. The second-order valence-electron chi connectivity index (χ2n) is 5.92. The van der Waals surface area contributed by atoms with Gasteiger partial charge in [0.2, 0.25) is 5.88 Å². The van der Waals surface area contributed by atoms with Gasteiger partial charge in [-0.1, -0.05) is 6.07 Å². The first kappa shape index (κ1) is 25.1. The fourth-order valence-electron chi connectivity index (χ4n) is 2.39. The minimum Gasteiger partial charge on any atom is -0.481 e. The highest BCUT2D eigenvalue weighted by Gasteiger charge is 2.20. The Labute approximate surface area is 192 Å². The molecule has 0 aliphatic carbocycles. The molecule has 1 atom stereocenters. The molecule has 0 aliphatic rings. The SMILES string of the molecule is CCNC(=NCc1cccc(OC)n1)NC(C)c1nc(C)c(C(=O)OCC)s1.I. The van der Waals surface area contributed by atoms with Gasteiger partial charge in [0.05, 0.1) is 37.7 Å². The summed E-state index contributed by atoms with van der Waals surface area (Å²) < 4.78 is 10.2. The highest BCUT2D eigenvalue weighted by Crippen LogP contribution is 2.24. The molecule has 29 heavy (non-hydrogen) atoms. The molecule has 160 valence electrons. The van der Waals surface area contributed by atoms with Crippen LogP contribution >= 0.6 is 35.3 Å². The fraction of sp³-hybridized carbons (Fsp3) is 0.474. The van der Waals surface area contributed by atoms with Gasteiger partial charge in [-0.25, -0.2) is 19.8 Å². The quantitative estimate of drug-likeness (QED) is 0.232. The van der Waals surface area contributed by atoms with E-state index in [2.05, 4.69) is 25.6 Å². The number of rotatable bonds is 8. The van der Waals surface area contributed by atoms with Crippen molar-refractivity contribution in [1.82, 2.24) is 20.6 Å². The molecule has 10 heteroatoms. The summed E-state index contributed by atoms with van der Waals surface area (Å²) in [6, 6.07) is 5.46. The normalized spacial score (nSPS) is 12.0. The topological polar surface area (TPSA) is 97.7 Å². The lowest BCUT2D eigenvalue weighted by atomic mass is 10.3. The predicted octanol–water partition coefficient (Wildman–Crippen LogP) is 3.47. The Hall–Kier alpha value is -1.95. The minimum atomic E-state index is -0.333.